The molecule has 1 saturated heterocycles. The number of nitrogens with zero attached hydrogens (tertiary/aromatic N) is 1. The van der Waals surface area contributed by atoms with E-state index in [2.05, 4.69) is 0 Å². The number of hydrogen-bond donors (Lipinski definition) is 1. The summed E-state index contributed by atoms with van der Waals surface area (Å²) in [6.07, 6.45) is 2.00. The van der Waals surface area contributed by atoms with E-state index in [0.29, 0.717) is 29.9 Å². The van der Waals surface area contributed by atoms with Crippen LogP contribution in [0.25, 0.3) is 0 Å². The molecule has 3 nitrogen and oxygen atoms in total. The van der Waals surface area contributed by atoms with E-state index in [-0.39, 0.29) is 17.2 Å². The number of amides is 1. The predicted octanol–water partition coefficient (Wildman–Crippen LogP) is 3.14. The van der Waals surface area contributed by atoms with Gasteiger partial charge in [-0.25, -0.2) is 0 Å². The summed E-state index contributed by atoms with van der Waals surface area (Å²) in [5, 5.41) is 10.2. The lowest BCUT2D eigenvalue weighted by Crippen LogP contribution is -2.40. The Morgan fingerprint density at radius 3 is 3.00 bits per heavy atom. The first kappa shape index (κ1) is 13.5. The highest BCUT2D eigenvalue weighted by Crippen LogP contribution is 2.25. The van der Waals surface area contributed by atoms with E-state index < -0.39 is 0 Å². The molecule has 0 aromatic heterocycles. The van der Waals surface area contributed by atoms with Crippen LogP contribution < -0.4 is 0 Å². The molecule has 1 N–H and O–H groups in total. The van der Waals surface area contributed by atoms with Crippen molar-refractivity contribution in [2.45, 2.75) is 12.8 Å². The van der Waals surface area contributed by atoms with E-state index in [1.165, 1.54) is 12.1 Å². The normalized spacial score (nSPS) is 19.9. The third-order valence-corrected chi connectivity index (χ3v) is 3.88. The summed E-state index contributed by atoms with van der Waals surface area (Å²) < 4.78 is 0. The molecule has 18 heavy (non-hydrogen) atoms. The summed E-state index contributed by atoms with van der Waals surface area (Å²) in [5.74, 6) is 0.693. The van der Waals surface area contributed by atoms with Crippen molar-refractivity contribution in [3.8, 4) is 5.75 Å². The van der Waals surface area contributed by atoms with Gasteiger partial charge in [-0.15, -0.1) is 11.6 Å². The van der Waals surface area contributed by atoms with Crippen LogP contribution in [-0.4, -0.2) is 34.9 Å². The number of phenolic OH excluding ortho intramolecular Hbond substituents is 1. The minimum atomic E-state index is -0.176. The highest BCUT2D eigenvalue weighted by Gasteiger charge is 2.25. The van der Waals surface area contributed by atoms with Crippen LogP contribution in [0, 0.1) is 5.92 Å². The average Bonchev–Trinajstić information content (AvgIpc) is 2.41. The fourth-order valence-electron chi connectivity index (χ4n) is 2.23. The SMILES string of the molecule is O=C(c1cc(Cl)ccc1O)N1CCCC(CCl)C1. The van der Waals surface area contributed by atoms with Crippen molar-refractivity contribution in [2.75, 3.05) is 19.0 Å². The van der Waals surface area contributed by atoms with Crippen LogP contribution in [0.5, 0.6) is 5.75 Å². The second kappa shape index (κ2) is 5.81. The number of aromatic hydroxyl groups is 1. The molecule has 1 aromatic carbocycles. The second-order valence-electron chi connectivity index (χ2n) is 4.58. The van der Waals surface area contributed by atoms with Gasteiger partial charge in [0.25, 0.3) is 5.91 Å². The zero-order valence-electron chi connectivity index (χ0n) is 9.90. The number of carbonyl (C=O) groups excluding carboxylic acids is 1. The van der Waals surface area contributed by atoms with Crippen LogP contribution >= 0.6 is 23.2 Å². The van der Waals surface area contributed by atoms with E-state index in [1.807, 2.05) is 0 Å². The molecule has 98 valence electrons. The number of halogens is 2. The molecule has 1 aliphatic heterocycles. The van der Waals surface area contributed by atoms with Crippen LogP contribution in [-0.2, 0) is 0 Å². The number of hydrogen-bond acceptors (Lipinski definition) is 2. The molecule has 1 amide bonds. The molecule has 1 atom stereocenters. The second-order valence-corrected chi connectivity index (χ2v) is 5.32. The summed E-state index contributed by atoms with van der Waals surface area (Å²) >= 11 is 11.7. The Morgan fingerprint density at radius 1 is 1.50 bits per heavy atom. The van der Waals surface area contributed by atoms with E-state index in [4.69, 9.17) is 23.2 Å². The Labute approximate surface area is 116 Å². The maximum absolute atomic E-state index is 12.3. The van der Waals surface area contributed by atoms with Gasteiger partial charge < -0.3 is 10.0 Å². The minimum Gasteiger partial charge on any atom is -0.507 e. The van der Waals surface area contributed by atoms with Gasteiger partial charge in [-0.2, -0.15) is 0 Å². The molecule has 5 heteroatoms. The van der Waals surface area contributed by atoms with Crippen LogP contribution in [0.4, 0.5) is 0 Å². The Balaban J connectivity index is 2.17. The van der Waals surface area contributed by atoms with Gasteiger partial charge >= 0.3 is 0 Å². The van der Waals surface area contributed by atoms with Crippen LogP contribution in [0.1, 0.15) is 23.2 Å². The lowest BCUT2D eigenvalue weighted by molar-refractivity contribution is 0.0682. The smallest absolute Gasteiger partial charge is 0.257 e. The monoisotopic (exact) mass is 287 g/mol. The Hall–Kier alpha value is -0.930. The molecule has 1 aliphatic rings. The number of carbonyl (C=O) groups is 1. The Kier molecular flexibility index (Phi) is 4.36. The molecule has 1 heterocycles. The maximum atomic E-state index is 12.3. The average molecular weight is 288 g/mol. The molecule has 2 rings (SSSR count). The summed E-state index contributed by atoms with van der Waals surface area (Å²) in [4.78, 5) is 14.0. The zero-order valence-corrected chi connectivity index (χ0v) is 11.4. The number of alkyl halides is 1. The van der Waals surface area contributed by atoms with E-state index in [0.717, 1.165) is 12.8 Å². The fourth-order valence-corrected chi connectivity index (χ4v) is 2.65. The first-order chi connectivity index (χ1) is 8.61. The number of benzene rings is 1. The molecule has 1 unspecified atom stereocenters. The predicted molar refractivity (Wildman–Crippen MR) is 72.5 cm³/mol. The van der Waals surface area contributed by atoms with Crippen molar-refractivity contribution in [1.29, 1.82) is 0 Å². The van der Waals surface area contributed by atoms with Gasteiger partial charge in [0.1, 0.15) is 5.75 Å². The van der Waals surface area contributed by atoms with Crippen molar-refractivity contribution >= 4 is 29.1 Å². The quantitative estimate of drug-likeness (QED) is 0.849. The largest absolute Gasteiger partial charge is 0.507 e. The summed E-state index contributed by atoms with van der Waals surface area (Å²) in [7, 11) is 0. The van der Waals surface area contributed by atoms with Crippen molar-refractivity contribution in [1.82, 2.24) is 4.90 Å². The number of rotatable bonds is 2. The summed E-state index contributed by atoms with van der Waals surface area (Å²) in [6.45, 7) is 1.35. The molecular formula is C13H15Cl2NO2. The highest BCUT2D eigenvalue weighted by atomic mass is 35.5. The van der Waals surface area contributed by atoms with E-state index >= 15 is 0 Å². The van der Waals surface area contributed by atoms with Crippen molar-refractivity contribution in [2.24, 2.45) is 5.92 Å². The van der Waals surface area contributed by atoms with Crippen molar-refractivity contribution in [3.63, 3.8) is 0 Å². The van der Waals surface area contributed by atoms with Gasteiger partial charge in [-0.05, 0) is 37.0 Å². The lowest BCUT2D eigenvalue weighted by Gasteiger charge is -2.32. The van der Waals surface area contributed by atoms with Crippen molar-refractivity contribution in [3.05, 3.63) is 28.8 Å². The molecule has 1 aromatic rings. The van der Waals surface area contributed by atoms with E-state index in [9.17, 15) is 9.90 Å². The Bertz CT molecular complexity index is 451. The first-order valence-corrected chi connectivity index (χ1v) is 6.87. The molecule has 0 bridgehead atoms. The van der Waals surface area contributed by atoms with Crippen LogP contribution in [0.2, 0.25) is 5.02 Å². The highest BCUT2D eigenvalue weighted by molar-refractivity contribution is 6.31. The minimum absolute atomic E-state index is 0.0302. The summed E-state index contributed by atoms with van der Waals surface area (Å²) in [6, 6.07) is 4.51. The zero-order chi connectivity index (χ0) is 13.1. The van der Waals surface area contributed by atoms with E-state index in [1.54, 1.807) is 11.0 Å². The van der Waals surface area contributed by atoms with Crippen LogP contribution in [0.15, 0.2) is 18.2 Å². The number of piperidine rings is 1. The molecule has 1 fully saturated rings. The Morgan fingerprint density at radius 2 is 2.28 bits per heavy atom. The van der Waals surface area contributed by atoms with Gasteiger partial charge in [0, 0.05) is 24.0 Å². The lowest BCUT2D eigenvalue weighted by atomic mass is 9.99. The van der Waals surface area contributed by atoms with Gasteiger partial charge in [0.15, 0.2) is 0 Å². The molecule has 0 saturated carbocycles. The van der Waals surface area contributed by atoms with Crippen LogP contribution in [0.3, 0.4) is 0 Å². The fraction of sp³-hybridized carbons (Fsp3) is 0.462. The van der Waals surface area contributed by atoms with Gasteiger partial charge in [-0.3, -0.25) is 4.79 Å². The first-order valence-electron chi connectivity index (χ1n) is 5.95. The molecule has 0 radical (unpaired) electrons. The van der Waals surface area contributed by atoms with Crippen molar-refractivity contribution < 1.29 is 9.90 Å². The number of likely N-dealkylation sites (tertiary alicyclic amines) is 1. The van der Waals surface area contributed by atoms with Gasteiger partial charge in [0.2, 0.25) is 0 Å². The number of phenols is 1. The maximum Gasteiger partial charge on any atom is 0.257 e. The third kappa shape index (κ3) is 2.90. The summed E-state index contributed by atoms with van der Waals surface area (Å²) in [5.41, 5.74) is 0.262. The van der Waals surface area contributed by atoms with Gasteiger partial charge in [-0.1, -0.05) is 11.6 Å². The topological polar surface area (TPSA) is 40.5 Å². The molecule has 0 spiro atoms. The van der Waals surface area contributed by atoms with Gasteiger partial charge in [0.05, 0.1) is 5.56 Å². The third-order valence-electron chi connectivity index (χ3n) is 3.21. The molecular weight excluding hydrogens is 273 g/mol. The standard InChI is InChI=1S/C13H15Cl2NO2/c14-7-9-2-1-5-16(8-9)13(18)11-6-10(15)3-4-12(11)17/h3-4,6,9,17H,1-2,5,7-8H2. The molecule has 0 aliphatic carbocycles.